The van der Waals surface area contributed by atoms with Gasteiger partial charge in [0.2, 0.25) is 0 Å². The van der Waals surface area contributed by atoms with Gasteiger partial charge in [-0.3, -0.25) is 0 Å². The smallest absolute Gasteiger partial charge is 0.354 e. The van der Waals surface area contributed by atoms with Crippen LogP contribution in [0.5, 0.6) is 0 Å². The van der Waals surface area contributed by atoms with Crippen LogP contribution in [0.2, 0.25) is 0 Å². The zero-order chi connectivity index (χ0) is 10.4. The third-order valence-electron chi connectivity index (χ3n) is 1.58. The lowest BCUT2D eigenvalue weighted by Crippen LogP contribution is -2.17. The van der Waals surface area contributed by atoms with Gasteiger partial charge in [0.15, 0.2) is 5.57 Å². The predicted molar refractivity (Wildman–Crippen MR) is 49.0 cm³/mol. The van der Waals surface area contributed by atoms with Crippen LogP contribution in [0.4, 0.5) is 0 Å². The summed E-state index contributed by atoms with van der Waals surface area (Å²) < 4.78 is 15.0. The topological polar surface area (TPSA) is 44.8 Å². The second-order valence-electron chi connectivity index (χ2n) is 2.58. The van der Waals surface area contributed by atoms with E-state index in [1.54, 1.807) is 6.92 Å². The normalized spacial score (nSPS) is 14.7. The highest BCUT2D eigenvalue weighted by molar-refractivity contribution is 5.93. The van der Waals surface area contributed by atoms with Crippen LogP contribution < -0.4 is 0 Å². The second kappa shape index (κ2) is 5.18. The Balaban J connectivity index is 2.77. The quantitative estimate of drug-likeness (QED) is 0.373. The van der Waals surface area contributed by atoms with Gasteiger partial charge in [0.25, 0.3) is 0 Å². The molecule has 1 aliphatic rings. The van der Waals surface area contributed by atoms with Crippen LogP contribution in [0.15, 0.2) is 11.5 Å². The summed E-state index contributed by atoms with van der Waals surface area (Å²) in [5.74, 6) is 1.74. The molecule has 1 aliphatic heterocycles. The third-order valence-corrected chi connectivity index (χ3v) is 1.58. The van der Waals surface area contributed by atoms with Gasteiger partial charge in [0.1, 0.15) is 0 Å². The van der Waals surface area contributed by atoms with E-state index in [1.165, 1.54) is 0 Å². The third kappa shape index (κ3) is 2.43. The minimum absolute atomic E-state index is 0.0200. The van der Waals surface area contributed by atoms with E-state index in [4.69, 9.17) is 20.6 Å². The van der Waals surface area contributed by atoms with Crippen LogP contribution in [0.3, 0.4) is 0 Å². The van der Waals surface area contributed by atoms with Crippen LogP contribution >= 0.6 is 0 Å². The number of rotatable bonds is 2. The predicted octanol–water partition coefficient (Wildman–Crippen LogP) is 0.831. The van der Waals surface area contributed by atoms with Gasteiger partial charge in [-0.1, -0.05) is 5.92 Å². The largest absolute Gasteiger partial charge is 0.464 e. The number of hydrogen-bond donors (Lipinski definition) is 0. The molecule has 0 aliphatic carbocycles. The van der Waals surface area contributed by atoms with Crippen molar-refractivity contribution in [1.82, 2.24) is 0 Å². The molecular weight excluding hydrogens is 184 g/mol. The fourth-order valence-electron chi connectivity index (χ4n) is 0.979. The molecule has 1 rings (SSSR count). The number of ether oxygens (including phenoxy) is 3. The maximum absolute atomic E-state index is 11.3. The van der Waals surface area contributed by atoms with E-state index in [2.05, 4.69) is 5.92 Å². The molecule has 0 aromatic carbocycles. The van der Waals surface area contributed by atoms with Crippen molar-refractivity contribution < 1.29 is 19.0 Å². The summed E-state index contributed by atoms with van der Waals surface area (Å²) in [6.45, 7) is 3.01. The Labute approximate surface area is 82.8 Å². The molecule has 0 amide bonds. The number of esters is 1. The van der Waals surface area contributed by atoms with Crippen LogP contribution in [0.25, 0.3) is 0 Å². The van der Waals surface area contributed by atoms with Crippen molar-refractivity contribution in [3.63, 3.8) is 0 Å². The molecule has 4 nitrogen and oxygen atoms in total. The number of terminal acetylenes is 1. The fourth-order valence-corrected chi connectivity index (χ4v) is 0.979. The van der Waals surface area contributed by atoms with Crippen molar-refractivity contribution in [3.8, 4) is 12.3 Å². The summed E-state index contributed by atoms with van der Waals surface area (Å²) >= 11 is 0. The Morgan fingerprint density at radius 1 is 1.57 bits per heavy atom. The van der Waals surface area contributed by atoms with Gasteiger partial charge in [-0.2, -0.15) is 0 Å². The van der Waals surface area contributed by atoms with Crippen molar-refractivity contribution in [2.75, 3.05) is 19.8 Å². The van der Waals surface area contributed by atoms with Crippen molar-refractivity contribution in [2.45, 2.75) is 13.3 Å². The monoisotopic (exact) mass is 196 g/mol. The number of carbonyl (C=O) groups is 1. The minimum atomic E-state index is -0.577. The summed E-state index contributed by atoms with van der Waals surface area (Å²) in [7, 11) is 0. The summed E-state index contributed by atoms with van der Waals surface area (Å²) in [5.41, 5.74) is 0.0200. The molecule has 0 radical (unpaired) electrons. The lowest BCUT2D eigenvalue weighted by molar-refractivity contribution is -0.139. The minimum Gasteiger partial charge on any atom is -0.464 e. The first-order valence-corrected chi connectivity index (χ1v) is 4.43. The van der Waals surface area contributed by atoms with E-state index in [-0.39, 0.29) is 18.1 Å². The van der Waals surface area contributed by atoms with Crippen molar-refractivity contribution >= 4 is 5.97 Å². The molecule has 0 atom stereocenters. The van der Waals surface area contributed by atoms with Crippen LogP contribution in [0, 0.1) is 12.3 Å². The van der Waals surface area contributed by atoms with E-state index in [0.29, 0.717) is 13.2 Å². The first-order chi connectivity index (χ1) is 6.79. The highest BCUT2D eigenvalue weighted by Crippen LogP contribution is 2.14. The summed E-state index contributed by atoms with van der Waals surface area (Å²) in [6, 6.07) is 0. The zero-order valence-corrected chi connectivity index (χ0v) is 8.04. The zero-order valence-electron chi connectivity index (χ0n) is 8.04. The molecular formula is C10H12O4. The standard InChI is InChI=1S/C10H12O4/c1-3-8(9(11)12-4-2)10-13-6-5-7-14-10/h1H,4-7H2,2H3. The molecule has 4 heteroatoms. The molecule has 0 saturated carbocycles. The maximum Gasteiger partial charge on any atom is 0.354 e. The molecule has 0 aromatic heterocycles. The average Bonchev–Trinajstić information content (AvgIpc) is 2.21. The molecule has 1 fully saturated rings. The van der Waals surface area contributed by atoms with Gasteiger partial charge in [-0.25, -0.2) is 4.79 Å². The van der Waals surface area contributed by atoms with Crippen LogP contribution in [-0.4, -0.2) is 25.8 Å². The summed E-state index contributed by atoms with van der Waals surface area (Å²) in [5, 5.41) is 0. The van der Waals surface area contributed by atoms with E-state index in [0.717, 1.165) is 6.42 Å². The highest BCUT2D eigenvalue weighted by atomic mass is 16.7. The molecule has 0 N–H and O–H groups in total. The first-order valence-electron chi connectivity index (χ1n) is 4.43. The molecule has 0 spiro atoms. The van der Waals surface area contributed by atoms with E-state index >= 15 is 0 Å². The number of hydrogen-bond acceptors (Lipinski definition) is 4. The summed E-state index contributed by atoms with van der Waals surface area (Å²) in [4.78, 5) is 11.3. The Bertz CT molecular complexity index is 277. The van der Waals surface area contributed by atoms with E-state index in [9.17, 15) is 4.79 Å². The Hall–Kier alpha value is -1.63. The molecule has 76 valence electrons. The van der Waals surface area contributed by atoms with Crippen LogP contribution in [-0.2, 0) is 19.0 Å². The van der Waals surface area contributed by atoms with E-state index in [1.807, 2.05) is 0 Å². The second-order valence-corrected chi connectivity index (χ2v) is 2.58. The Kier molecular flexibility index (Phi) is 3.86. The summed E-state index contributed by atoms with van der Waals surface area (Å²) in [6.07, 6.45) is 5.96. The molecule has 0 unspecified atom stereocenters. The SMILES string of the molecule is C#CC(C(=O)OCC)=C1OCCCO1. The fraction of sp³-hybridized carbons (Fsp3) is 0.500. The van der Waals surface area contributed by atoms with Gasteiger partial charge >= 0.3 is 11.9 Å². The molecule has 0 aromatic rings. The van der Waals surface area contributed by atoms with Gasteiger partial charge in [-0.05, 0) is 6.92 Å². The average molecular weight is 196 g/mol. The van der Waals surface area contributed by atoms with Gasteiger partial charge in [0.05, 0.1) is 19.8 Å². The number of carbonyl (C=O) groups excluding carboxylic acids is 1. The Morgan fingerprint density at radius 2 is 2.21 bits per heavy atom. The van der Waals surface area contributed by atoms with Crippen molar-refractivity contribution in [2.24, 2.45) is 0 Å². The molecule has 0 bridgehead atoms. The lowest BCUT2D eigenvalue weighted by Gasteiger charge is -2.18. The van der Waals surface area contributed by atoms with Gasteiger partial charge in [0, 0.05) is 6.42 Å². The Morgan fingerprint density at radius 3 is 2.71 bits per heavy atom. The van der Waals surface area contributed by atoms with Crippen molar-refractivity contribution in [1.29, 1.82) is 0 Å². The van der Waals surface area contributed by atoms with Gasteiger partial charge in [-0.15, -0.1) is 6.42 Å². The maximum atomic E-state index is 11.3. The van der Waals surface area contributed by atoms with Gasteiger partial charge < -0.3 is 14.2 Å². The highest BCUT2D eigenvalue weighted by Gasteiger charge is 2.20. The molecule has 1 saturated heterocycles. The molecule has 1 heterocycles. The van der Waals surface area contributed by atoms with E-state index < -0.39 is 5.97 Å². The lowest BCUT2D eigenvalue weighted by atomic mass is 10.3. The first kappa shape index (κ1) is 10.5. The van der Waals surface area contributed by atoms with Crippen molar-refractivity contribution in [3.05, 3.63) is 11.5 Å². The molecule has 14 heavy (non-hydrogen) atoms. The van der Waals surface area contributed by atoms with Crippen LogP contribution in [0.1, 0.15) is 13.3 Å².